The molecule has 126 valence electrons. The van der Waals surface area contributed by atoms with Crippen molar-refractivity contribution in [3.8, 4) is 5.75 Å². The third-order valence-corrected chi connectivity index (χ3v) is 4.57. The second kappa shape index (κ2) is 8.48. The lowest BCUT2D eigenvalue weighted by Gasteiger charge is -2.21. The Morgan fingerprint density at radius 1 is 1.04 bits per heavy atom. The molecule has 24 heavy (non-hydrogen) atoms. The van der Waals surface area contributed by atoms with Crippen molar-refractivity contribution in [1.29, 1.82) is 0 Å². The van der Waals surface area contributed by atoms with E-state index in [1.54, 1.807) is 36.7 Å². The van der Waals surface area contributed by atoms with E-state index in [1.807, 2.05) is 12.1 Å². The molecule has 0 bridgehead atoms. The fourth-order valence-corrected chi connectivity index (χ4v) is 3.16. The Balaban J connectivity index is 1.47. The standard InChI is InChI=1S/C20H24N2O2/c23-20(22-18-10-13-21-14-11-18)17-6-8-19(9-7-17)24-15-12-16-4-2-1-3-5-16/h6-11,13-14,16H,1-5,12,15H2,(H,21,22,23). The number of hydrogen-bond acceptors (Lipinski definition) is 3. The van der Waals surface area contributed by atoms with Gasteiger partial charge < -0.3 is 10.1 Å². The van der Waals surface area contributed by atoms with Gasteiger partial charge in [-0.2, -0.15) is 0 Å². The molecule has 1 N–H and O–H groups in total. The molecule has 1 aliphatic rings. The number of benzene rings is 1. The maximum atomic E-state index is 12.2. The molecule has 1 saturated carbocycles. The lowest BCUT2D eigenvalue weighted by Crippen LogP contribution is -2.12. The molecule has 1 heterocycles. The molecular weight excluding hydrogens is 300 g/mol. The van der Waals surface area contributed by atoms with E-state index in [1.165, 1.54) is 32.1 Å². The zero-order valence-electron chi connectivity index (χ0n) is 13.9. The number of rotatable bonds is 6. The number of carbonyl (C=O) groups is 1. The van der Waals surface area contributed by atoms with Gasteiger partial charge in [0.2, 0.25) is 0 Å². The number of nitrogens with zero attached hydrogens (tertiary/aromatic N) is 1. The summed E-state index contributed by atoms with van der Waals surface area (Å²) in [6.45, 7) is 0.757. The summed E-state index contributed by atoms with van der Waals surface area (Å²) in [6.07, 6.45) is 11.2. The molecule has 1 aromatic carbocycles. The van der Waals surface area contributed by atoms with E-state index < -0.39 is 0 Å². The molecule has 1 amide bonds. The molecule has 0 spiro atoms. The number of nitrogens with one attached hydrogen (secondary N) is 1. The number of hydrogen-bond donors (Lipinski definition) is 1. The third-order valence-electron chi connectivity index (χ3n) is 4.57. The summed E-state index contributed by atoms with van der Waals surface area (Å²) in [5.41, 5.74) is 1.36. The molecule has 1 aromatic heterocycles. The summed E-state index contributed by atoms with van der Waals surface area (Å²) < 4.78 is 5.82. The molecule has 2 aromatic rings. The van der Waals surface area contributed by atoms with Crippen LogP contribution in [0.15, 0.2) is 48.8 Å². The predicted molar refractivity (Wildman–Crippen MR) is 95.3 cm³/mol. The summed E-state index contributed by atoms with van der Waals surface area (Å²) in [6, 6.07) is 10.9. The zero-order valence-corrected chi connectivity index (χ0v) is 13.9. The minimum atomic E-state index is -0.130. The Morgan fingerprint density at radius 3 is 2.46 bits per heavy atom. The van der Waals surface area contributed by atoms with E-state index in [0.717, 1.165) is 30.4 Å². The van der Waals surface area contributed by atoms with Crippen LogP contribution in [0.3, 0.4) is 0 Å². The fourth-order valence-electron chi connectivity index (χ4n) is 3.16. The maximum absolute atomic E-state index is 12.2. The number of carbonyl (C=O) groups excluding carboxylic acids is 1. The van der Waals surface area contributed by atoms with Gasteiger partial charge in [-0.05, 0) is 48.7 Å². The Bertz CT molecular complexity index is 634. The second-order valence-corrected chi connectivity index (χ2v) is 6.36. The summed E-state index contributed by atoms with van der Waals surface area (Å²) in [5, 5.41) is 2.84. The monoisotopic (exact) mass is 324 g/mol. The molecule has 0 aliphatic heterocycles. The van der Waals surface area contributed by atoms with Crippen molar-refractivity contribution in [2.24, 2.45) is 5.92 Å². The molecule has 0 saturated heterocycles. The van der Waals surface area contributed by atoms with Gasteiger partial charge in [0.15, 0.2) is 0 Å². The van der Waals surface area contributed by atoms with Crippen LogP contribution in [0.5, 0.6) is 5.75 Å². The average molecular weight is 324 g/mol. The number of aromatic nitrogens is 1. The van der Waals surface area contributed by atoms with Gasteiger partial charge in [0.25, 0.3) is 5.91 Å². The Labute approximate surface area is 143 Å². The third kappa shape index (κ3) is 4.82. The first kappa shape index (κ1) is 16.5. The van der Waals surface area contributed by atoms with Crippen LogP contribution in [0.2, 0.25) is 0 Å². The van der Waals surface area contributed by atoms with Crippen LogP contribution in [-0.4, -0.2) is 17.5 Å². The summed E-state index contributed by atoms with van der Waals surface area (Å²) >= 11 is 0. The highest BCUT2D eigenvalue weighted by atomic mass is 16.5. The van der Waals surface area contributed by atoms with Gasteiger partial charge in [-0.15, -0.1) is 0 Å². The number of anilines is 1. The highest BCUT2D eigenvalue weighted by molar-refractivity contribution is 6.04. The van der Waals surface area contributed by atoms with E-state index in [-0.39, 0.29) is 5.91 Å². The van der Waals surface area contributed by atoms with Crippen LogP contribution in [-0.2, 0) is 0 Å². The Morgan fingerprint density at radius 2 is 1.75 bits per heavy atom. The van der Waals surface area contributed by atoms with Gasteiger partial charge in [-0.3, -0.25) is 9.78 Å². The van der Waals surface area contributed by atoms with Crippen LogP contribution in [0.4, 0.5) is 5.69 Å². The van der Waals surface area contributed by atoms with Gasteiger partial charge in [0.05, 0.1) is 6.61 Å². The average Bonchev–Trinajstić information content (AvgIpc) is 2.64. The molecule has 1 fully saturated rings. The molecule has 3 rings (SSSR count). The Hall–Kier alpha value is -2.36. The number of amides is 1. The lowest BCUT2D eigenvalue weighted by atomic mass is 9.87. The molecular formula is C20H24N2O2. The summed E-state index contributed by atoms with van der Waals surface area (Å²) in [5.74, 6) is 1.52. The molecule has 0 radical (unpaired) electrons. The van der Waals surface area contributed by atoms with Crippen molar-refractivity contribution in [2.45, 2.75) is 38.5 Å². The largest absolute Gasteiger partial charge is 0.494 e. The molecule has 0 unspecified atom stereocenters. The second-order valence-electron chi connectivity index (χ2n) is 6.36. The highest BCUT2D eigenvalue weighted by Gasteiger charge is 2.13. The maximum Gasteiger partial charge on any atom is 0.255 e. The first-order valence-electron chi connectivity index (χ1n) is 8.75. The summed E-state index contributed by atoms with van der Waals surface area (Å²) in [7, 11) is 0. The van der Waals surface area contributed by atoms with Crippen molar-refractivity contribution in [2.75, 3.05) is 11.9 Å². The number of ether oxygens (including phenoxy) is 1. The van der Waals surface area contributed by atoms with E-state index >= 15 is 0 Å². The van der Waals surface area contributed by atoms with Crippen LogP contribution in [0, 0.1) is 5.92 Å². The van der Waals surface area contributed by atoms with Crippen molar-refractivity contribution >= 4 is 11.6 Å². The van der Waals surface area contributed by atoms with Crippen molar-refractivity contribution in [3.63, 3.8) is 0 Å². The van der Waals surface area contributed by atoms with Crippen LogP contribution < -0.4 is 10.1 Å². The normalized spacial score (nSPS) is 15.0. The molecule has 4 heteroatoms. The summed E-state index contributed by atoms with van der Waals surface area (Å²) in [4.78, 5) is 16.1. The first-order chi connectivity index (χ1) is 11.8. The van der Waals surface area contributed by atoms with Gasteiger partial charge in [0.1, 0.15) is 5.75 Å². The SMILES string of the molecule is O=C(Nc1ccncc1)c1ccc(OCCC2CCCCC2)cc1. The van der Waals surface area contributed by atoms with Crippen LogP contribution in [0.25, 0.3) is 0 Å². The van der Waals surface area contributed by atoms with E-state index in [9.17, 15) is 4.79 Å². The topological polar surface area (TPSA) is 51.2 Å². The number of pyridine rings is 1. The van der Waals surface area contributed by atoms with Gasteiger partial charge in [0, 0.05) is 23.6 Å². The smallest absolute Gasteiger partial charge is 0.255 e. The quantitative estimate of drug-likeness (QED) is 0.839. The molecule has 0 atom stereocenters. The Kier molecular flexibility index (Phi) is 5.83. The zero-order chi connectivity index (χ0) is 16.6. The lowest BCUT2D eigenvalue weighted by molar-refractivity contribution is 0.102. The van der Waals surface area contributed by atoms with Gasteiger partial charge in [-0.25, -0.2) is 0 Å². The van der Waals surface area contributed by atoms with Crippen molar-refractivity contribution < 1.29 is 9.53 Å². The predicted octanol–water partition coefficient (Wildman–Crippen LogP) is 4.68. The highest BCUT2D eigenvalue weighted by Crippen LogP contribution is 2.26. The first-order valence-corrected chi connectivity index (χ1v) is 8.75. The van der Waals surface area contributed by atoms with E-state index in [0.29, 0.717) is 5.56 Å². The molecule has 4 nitrogen and oxygen atoms in total. The van der Waals surface area contributed by atoms with Crippen LogP contribution >= 0.6 is 0 Å². The van der Waals surface area contributed by atoms with Gasteiger partial charge >= 0.3 is 0 Å². The molecule has 1 aliphatic carbocycles. The fraction of sp³-hybridized carbons (Fsp3) is 0.400. The minimum absolute atomic E-state index is 0.130. The van der Waals surface area contributed by atoms with Crippen LogP contribution in [0.1, 0.15) is 48.9 Å². The van der Waals surface area contributed by atoms with E-state index in [2.05, 4.69) is 10.3 Å². The van der Waals surface area contributed by atoms with Crippen molar-refractivity contribution in [1.82, 2.24) is 4.98 Å². The van der Waals surface area contributed by atoms with Gasteiger partial charge in [-0.1, -0.05) is 32.1 Å². The van der Waals surface area contributed by atoms with E-state index in [4.69, 9.17) is 4.74 Å². The van der Waals surface area contributed by atoms with Crippen molar-refractivity contribution in [3.05, 3.63) is 54.4 Å². The minimum Gasteiger partial charge on any atom is -0.494 e.